The van der Waals surface area contributed by atoms with Crippen LogP contribution >= 0.6 is 15.9 Å². The van der Waals surface area contributed by atoms with E-state index in [4.69, 9.17) is 0 Å². The van der Waals surface area contributed by atoms with Crippen LogP contribution < -0.4 is 0 Å². The summed E-state index contributed by atoms with van der Waals surface area (Å²) >= 11 is 3.36. The minimum atomic E-state index is -2.83. The quantitative estimate of drug-likeness (QED) is 0.777. The number of aromatic nitrogens is 2. The molecule has 108 valence electrons. The van der Waals surface area contributed by atoms with E-state index in [1.165, 1.54) is 23.7 Å². The minimum absolute atomic E-state index is 0.258. The Hall–Kier alpha value is -1.30. The average molecular weight is 347 g/mol. The second kappa shape index (κ2) is 5.60. The molecule has 0 amide bonds. The van der Waals surface area contributed by atoms with Crippen LogP contribution in [0.5, 0.6) is 0 Å². The number of hydrogen-bond donors (Lipinski definition) is 0. The number of rotatable bonds is 4. The Kier molecular flexibility index (Phi) is 4.22. The molecule has 6 heteroatoms. The van der Waals surface area contributed by atoms with Gasteiger partial charge >= 0.3 is 0 Å². The molecule has 1 heterocycles. The highest BCUT2D eigenvalue weighted by atomic mass is 79.9. The molecule has 0 aliphatic rings. The number of alkyl halides is 2. The molecule has 0 aliphatic carbocycles. The summed E-state index contributed by atoms with van der Waals surface area (Å²) in [6, 6.07) is 5.70. The van der Waals surface area contributed by atoms with E-state index < -0.39 is 12.5 Å². The van der Waals surface area contributed by atoms with E-state index in [2.05, 4.69) is 21.0 Å². The number of halogens is 4. The number of hydrogen-bond acceptors (Lipinski definition) is 1. The van der Waals surface area contributed by atoms with Gasteiger partial charge in [0, 0.05) is 12.0 Å². The Labute approximate surface area is 123 Å². The molecule has 2 nitrogen and oxygen atoms in total. The largest absolute Gasteiger partial charge is 0.267 e. The van der Waals surface area contributed by atoms with Gasteiger partial charge in [-0.2, -0.15) is 5.10 Å². The first-order chi connectivity index (χ1) is 9.34. The molecule has 0 saturated heterocycles. The van der Waals surface area contributed by atoms with Gasteiger partial charge in [-0.05, 0) is 47.1 Å². The Morgan fingerprint density at radius 1 is 1.25 bits per heavy atom. The van der Waals surface area contributed by atoms with Crippen LogP contribution in [0, 0.1) is 12.7 Å². The molecular formula is C14H14BrF3N2. The molecule has 2 rings (SSSR count). The maximum atomic E-state index is 13.6. The molecule has 0 N–H and O–H groups in total. The predicted molar refractivity (Wildman–Crippen MR) is 75.3 cm³/mol. The fourth-order valence-electron chi connectivity index (χ4n) is 1.89. The van der Waals surface area contributed by atoms with Crippen LogP contribution in [0.3, 0.4) is 0 Å². The fraction of sp³-hybridized carbons (Fsp3) is 0.357. The zero-order chi connectivity index (χ0) is 14.9. The Bertz CT molecular complexity index is 606. The summed E-state index contributed by atoms with van der Waals surface area (Å²) in [7, 11) is 0. The number of benzene rings is 1. The van der Waals surface area contributed by atoms with Crippen molar-refractivity contribution in [3.8, 4) is 11.3 Å². The summed E-state index contributed by atoms with van der Waals surface area (Å²) < 4.78 is 42.1. The molecular weight excluding hydrogens is 333 g/mol. The number of nitrogens with zero attached hydrogens (tertiary/aromatic N) is 2. The molecule has 0 spiro atoms. The standard InChI is InChI=1S/C14H14BrF3N2/c1-3-14(17,18)8-20-13(12(15)9(2)19-20)10-4-6-11(16)7-5-10/h4-7H,3,8H2,1-2H3. The molecule has 1 aromatic heterocycles. The minimum Gasteiger partial charge on any atom is -0.257 e. The van der Waals surface area contributed by atoms with E-state index in [9.17, 15) is 13.2 Å². The van der Waals surface area contributed by atoms with Gasteiger partial charge in [-0.15, -0.1) is 0 Å². The normalized spacial score (nSPS) is 11.9. The molecule has 0 unspecified atom stereocenters. The lowest BCUT2D eigenvalue weighted by Gasteiger charge is -2.16. The van der Waals surface area contributed by atoms with Crippen molar-refractivity contribution in [3.05, 3.63) is 40.2 Å². The Morgan fingerprint density at radius 3 is 2.40 bits per heavy atom. The maximum Gasteiger partial charge on any atom is 0.267 e. The summed E-state index contributed by atoms with van der Waals surface area (Å²) in [6.07, 6.45) is -0.258. The lowest BCUT2D eigenvalue weighted by atomic mass is 10.1. The van der Waals surface area contributed by atoms with Crippen LogP contribution in [0.1, 0.15) is 19.0 Å². The van der Waals surface area contributed by atoms with Gasteiger partial charge in [-0.3, -0.25) is 4.68 Å². The van der Waals surface area contributed by atoms with Crippen LogP contribution in [-0.2, 0) is 6.54 Å². The molecule has 0 aliphatic heterocycles. The third-order valence-corrected chi connectivity index (χ3v) is 4.02. The smallest absolute Gasteiger partial charge is 0.257 e. The SMILES string of the molecule is CCC(F)(F)Cn1nc(C)c(Br)c1-c1ccc(F)cc1. The van der Waals surface area contributed by atoms with Crippen molar-refractivity contribution in [3.63, 3.8) is 0 Å². The van der Waals surface area contributed by atoms with E-state index in [0.717, 1.165) is 0 Å². The number of aryl methyl sites for hydroxylation is 1. The first-order valence-corrected chi connectivity index (χ1v) is 7.00. The van der Waals surface area contributed by atoms with Crippen LogP contribution in [0.2, 0.25) is 0 Å². The highest BCUT2D eigenvalue weighted by molar-refractivity contribution is 9.10. The third-order valence-electron chi connectivity index (χ3n) is 3.07. The molecule has 2 aromatic rings. The zero-order valence-electron chi connectivity index (χ0n) is 11.1. The van der Waals surface area contributed by atoms with Crippen molar-refractivity contribution in [1.29, 1.82) is 0 Å². The highest BCUT2D eigenvalue weighted by Crippen LogP contribution is 2.33. The van der Waals surface area contributed by atoms with Crippen LogP contribution in [0.25, 0.3) is 11.3 Å². The topological polar surface area (TPSA) is 17.8 Å². The maximum absolute atomic E-state index is 13.6. The van der Waals surface area contributed by atoms with Gasteiger partial charge in [0.2, 0.25) is 0 Å². The van der Waals surface area contributed by atoms with Gasteiger partial charge in [0.15, 0.2) is 0 Å². The van der Waals surface area contributed by atoms with Crippen molar-refractivity contribution in [2.24, 2.45) is 0 Å². The van der Waals surface area contributed by atoms with E-state index in [-0.39, 0.29) is 12.2 Å². The van der Waals surface area contributed by atoms with Crippen molar-refractivity contribution in [1.82, 2.24) is 9.78 Å². The Balaban J connectivity index is 2.49. The van der Waals surface area contributed by atoms with E-state index in [1.807, 2.05) is 0 Å². The monoisotopic (exact) mass is 346 g/mol. The summed E-state index contributed by atoms with van der Waals surface area (Å²) in [5.74, 6) is -3.20. The molecule has 0 atom stereocenters. The van der Waals surface area contributed by atoms with E-state index >= 15 is 0 Å². The van der Waals surface area contributed by atoms with Gasteiger partial charge in [-0.25, -0.2) is 13.2 Å². The van der Waals surface area contributed by atoms with Crippen LogP contribution in [0.15, 0.2) is 28.7 Å². The van der Waals surface area contributed by atoms with Crippen LogP contribution in [0.4, 0.5) is 13.2 Å². The third kappa shape index (κ3) is 3.06. The molecule has 0 bridgehead atoms. The molecule has 1 aromatic carbocycles. The molecule has 0 saturated carbocycles. The van der Waals surface area contributed by atoms with Crippen LogP contribution in [-0.4, -0.2) is 15.7 Å². The van der Waals surface area contributed by atoms with Gasteiger partial charge in [-0.1, -0.05) is 6.92 Å². The lowest BCUT2D eigenvalue weighted by Crippen LogP contribution is -2.24. The lowest BCUT2D eigenvalue weighted by molar-refractivity contribution is -0.0225. The van der Waals surface area contributed by atoms with Gasteiger partial charge in [0.1, 0.15) is 12.4 Å². The molecule has 20 heavy (non-hydrogen) atoms. The predicted octanol–water partition coefficient (Wildman–Crippen LogP) is 4.81. The van der Waals surface area contributed by atoms with Crippen molar-refractivity contribution in [2.75, 3.05) is 0 Å². The Morgan fingerprint density at radius 2 is 1.85 bits per heavy atom. The van der Waals surface area contributed by atoms with Gasteiger partial charge in [0.05, 0.1) is 15.9 Å². The first-order valence-electron chi connectivity index (χ1n) is 6.20. The average Bonchev–Trinajstić information content (AvgIpc) is 2.66. The second-order valence-corrected chi connectivity index (χ2v) is 5.42. The van der Waals surface area contributed by atoms with E-state index in [0.29, 0.717) is 21.4 Å². The van der Waals surface area contributed by atoms with E-state index in [1.54, 1.807) is 19.1 Å². The van der Waals surface area contributed by atoms with Gasteiger partial charge in [0.25, 0.3) is 5.92 Å². The summed E-state index contributed by atoms with van der Waals surface area (Å²) in [5, 5.41) is 4.14. The molecule has 0 radical (unpaired) electrons. The fourth-order valence-corrected chi connectivity index (χ4v) is 2.40. The second-order valence-electron chi connectivity index (χ2n) is 4.62. The van der Waals surface area contributed by atoms with Crippen molar-refractivity contribution in [2.45, 2.75) is 32.7 Å². The zero-order valence-corrected chi connectivity index (χ0v) is 12.7. The van der Waals surface area contributed by atoms with Gasteiger partial charge < -0.3 is 0 Å². The molecule has 0 fully saturated rings. The summed E-state index contributed by atoms with van der Waals surface area (Å²) in [5.41, 5.74) is 1.80. The van der Waals surface area contributed by atoms with Crippen molar-refractivity contribution < 1.29 is 13.2 Å². The summed E-state index contributed by atoms with van der Waals surface area (Å²) in [6.45, 7) is 2.67. The highest BCUT2D eigenvalue weighted by Gasteiger charge is 2.29. The summed E-state index contributed by atoms with van der Waals surface area (Å²) in [4.78, 5) is 0. The first kappa shape index (κ1) is 15.1. The van der Waals surface area contributed by atoms with Crippen molar-refractivity contribution >= 4 is 15.9 Å².